The van der Waals surface area contributed by atoms with Crippen LogP contribution in [0.5, 0.6) is 0 Å². The monoisotopic (exact) mass is 203 g/mol. The van der Waals surface area contributed by atoms with Gasteiger partial charge in [0.2, 0.25) is 0 Å². The third-order valence-corrected chi connectivity index (χ3v) is 2.21. The normalized spacial score (nSPS) is 12.4. The van der Waals surface area contributed by atoms with Gasteiger partial charge in [0.05, 0.1) is 29.3 Å². The van der Waals surface area contributed by atoms with E-state index in [1.165, 1.54) is 0 Å². The van der Waals surface area contributed by atoms with Crippen molar-refractivity contribution in [3.8, 4) is 0 Å². The first-order chi connectivity index (χ1) is 7.27. The standard InChI is InChI=1S/C10H13N5/c1-7-10(12-4-3-11-7)8(2)15-9-5-13-14-6-9/h3-6,8,15H,1-2H3,(H,13,14). The van der Waals surface area contributed by atoms with Crippen LogP contribution in [0.15, 0.2) is 24.8 Å². The van der Waals surface area contributed by atoms with Crippen molar-refractivity contribution in [3.05, 3.63) is 36.2 Å². The lowest BCUT2D eigenvalue weighted by Gasteiger charge is -2.14. The fourth-order valence-corrected chi connectivity index (χ4v) is 1.49. The smallest absolute Gasteiger partial charge is 0.0835 e. The first-order valence-corrected chi connectivity index (χ1v) is 4.80. The van der Waals surface area contributed by atoms with E-state index in [1.807, 2.05) is 20.0 Å². The zero-order valence-electron chi connectivity index (χ0n) is 8.73. The number of hydrogen-bond donors (Lipinski definition) is 2. The Morgan fingerprint density at radius 3 is 2.80 bits per heavy atom. The molecule has 2 heterocycles. The highest BCUT2D eigenvalue weighted by atomic mass is 15.1. The first-order valence-electron chi connectivity index (χ1n) is 4.80. The van der Waals surface area contributed by atoms with Crippen LogP contribution in [0, 0.1) is 6.92 Å². The Hall–Kier alpha value is -1.91. The van der Waals surface area contributed by atoms with E-state index in [0.717, 1.165) is 17.1 Å². The summed E-state index contributed by atoms with van der Waals surface area (Å²) < 4.78 is 0. The second kappa shape index (κ2) is 4.08. The molecular formula is C10H13N5. The SMILES string of the molecule is Cc1nccnc1C(C)Nc1cn[nH]c1. The van der Waals surface area contributed by atoms with Crippen molar-refractivity contribution in [2.75, 3.05) is 5.32 Å². The fraction of sp³-hybridized carbons (Fsp3) is 0.300. The van der Waals surface area contributed by atoms with E-state index in [2.05, 4.69) is 25.5 Å². The Kier molecular flexibility index (Phi) is 2.62. The van der Waals surface area contributed by atoms with Gasteiger partial charge < -0.3 is 5.32 Å². The van der Waals surface area contributed by atoms with Crippen LogP contribution in [0.2, 0.25) is 0 Å². The van der Waals surface area contributed by atoms with E-state index in [0.29, 0.717) is 0 Å². The number of H-pyrrole nitrogens is 1. The number of hydrogen-bond acceptors (Lipinski definition) is 4. The van der Waals surface area contributed by atoms with E-state index < -0.39 is 0 Å². The molecule has 1 atom stereocenters. The number of nitrogens with zero attached hydrogens (tertiary/aromatic N) is 3. The lowest BCUT2D eigenvalue weighted by Crippen LogP contribution is -2.10. The fourth-order valence-electron chi connectivity index (χ4n) is 1.49. The molecule has 2 N–H and O–H groups in total. The van der Waals surface area contributed by atoms with Gasteiger partial charge in [0.25, 0.3) is 0 Å². The molecule has 78 valence electrons. The van der Waals surface area contributed by atoms with Crippen LogP contribution in [0.4, 0.5) is 5.69 Å². The second-order valence-electron chi connectivity index (χ2n) is 3.38. The van der Waals surface area contributed by atoms with Crippen molar-refractivity contribution in [1.29, 1.82) is 0 Å². The van der Waals surface area contributed by atoms with Gasteiger partial charge in [-0.1, -0.05) is 0 Å². The van der Waals surface area contributed by atoms with Gasteiger partial charge in [0.15, 0.2) is 0 Å². The zero-order valence-corrected chi connectivity index (χ0v) is 8.73. The highest BCUT2D eigenvalue weighted by Gasteiger charge is 2.10. The molecule has 2 rings (SSSR count). The number of aromatic nitrogens is 4. The minimum atomic E-state index is 0.122. The molecule has 0 amide bonds. The molecule has 5 nitrogen and oxygen atoms in total. The molecule has 0 aliphatic heterocycles. The summed E-state index contributed by atoms with van der Waals surface area (Å²) in [5.41, 5.74) is 2.85. The zero-order chi connectivity index (χ0) is 10.7. The van der Waals surface area contributed by atoms with E-state index in [1.54, 1.807) is 18.6 Å². The minimum Gasteiger partial charge on any atom is -0.374 e. The quantitative estimate of drug-likeness (QED) is 0.796. The molecule has 0 aliphatic carbocycles. The van der Waals surface area contributed by atoms with Crippen LogP contribution < -0.4 is 5.32 Å². The van der Waals surface area contributed by atoms with Crippen LogP contribution in [0.3, 0.4) is 0 Å². The molecule has 0 saturated carbocycles. The third kappa shape index (κ3) is 2.12. The van der Waals surface area contributed by atoms with Gasteiger partial charge in [0.1, 0.15) is 0 Å². The molecule has 0 aromatic carbocycles. The number of anilines is 1. The largest absolute Gasteiger partial charge is 0.374 e. The summed E-state index contributed by atoms with van der Waals surface area (Å²) in [6, 6.07) is 0.122. The van der Waals surface area contributed by atoms with Gasteiger partial charge in [-0.05, 0) is 13.8 Å². The van der Waals surface area contributed by atoms with Crippen molar-refractivity contribution < 1.29 is 0 Å². The molecule has 2 aromatic heterocycles. The number of aryl methyl sites for hydroxylation is 1. The van der Waals surface area contributed by atoms with Gasteiger partial charge in [-0.3, -0.25) is 15.1 Å². The van der Waals surface area contributed by atoms with Crippen molar-refractivity contribution >= 4 is 5.69 Å². The summed E-state index contributed by atoms with van der Waals surface area (Å²) >= 11 is 0. The van der Waals surface area contributed by atoms with Gasteiger partial charge >= 0.3 is 0 Å². The maximum absolute atomic E-state index is 4.30. The first kappa shape index (κ1) is 9.64. The molecule has 0 radical (unpaired) electrons. The van der Waals surface area contributed by atoms with E-state index in [4.69, 9.17) is 0 Å². The molecule has 0 spiro atoms. The molecule has 0 fully saturated rings. The Bertz CT molecular complexity index is 423. The van der Waals surface area contributed by atoms with Gasteiger partial charge in [-0.15, -0.1) is 0 Å². The van der Waals surface area contributed by atoms with Gasteiger partial charge in [0, 0.05) is 18.6 Å². The molecule has 2 aromatic rings. The highest BCUT2D eigenvalue weighted by Crippen LogP contribution is 2.17. The van der Waals surface area contributed by atoms with Crippen molar-refractivity contribution in [2.45, 2.75) is 19.9 Å². The summed E-state index contributed by atoms with van der Waals surface area (Å²) in [6.45, 7) is 4.00. The van der Waals surface area contributed by atoms with E-state index in [9.17, 15) is 0 Å². The molecule has 0 aliphatic rings. The predicted octanol–water partition coefficient (Wildman–Crippen LogP) is 1.68. The highest BCUT2D eigenvalue weighted by molar-refractivity contribution is 5.40. The Balaban J connectivity index is 2.15. The Morgan fingerprint density at radius 2 is 2.13 bits per heavy atom. The molecule has 15 heavy (non-hydrogen) atoms. The molecule has 0 saturated heterocycles. The maximum atomic E-state index is 4.30. The predicted molar refractivity (Wildman–Crippen MR) is 57.4 cm³/mol. The van der Waals surface area contributed by atoms with Crippen molar-refractivity contribution in [1.82, 2.24) is 20.2 Å². The minimum absolute atomic E-state index is 0.122. The topological polar surface area (TPSA) is 66.5 Å². The lowest BCUT2D eigenvalue weighted by molar-refractivity contribution is 0.810. The molecule has 5 heteroatoms. The molecular weight excluding hydrogens is 190 g/mol. The Morgan fingerprint density at radius 1 is 1.33 bits per heavy atom. The molecule has 1 unspecified atom stereocenters. The average molecular weight is 203 g/mol. The number of rotatable bonds is 3. The summed E-state index contributed by atoms with van der Waals surface area (Å²) in [4.78, 5) is 8.51. The summed E-state index contributed by atoms with van der Waals surface area (Å²) in [5, 5.41) is 9.90. The van der Waals surface area contributed by atoms with Gasteiger partial charge in [-0.25, -0.2) is 0 Å². The van der Waals surface area contributed by atoms with Crippen LogP contribution in [0.1, 0.15) is 24.4 Å². The van der Waals surface area contributed by atoms with Crippen LogP contribution in [-0.4, -0.2) is 20.2 Å². The van der Waals surface area contributed by atoms with Gasteiger partial charge in [-0.2, -0.15) is 5.10 Å². The van der Waals surface area contributed by atoms with Crippen LogP contribution in [-0.2, 0) is 0 Å². The number of aromatic amines is 1. The van der Waals surface area contributed by atoms with E-state index in [-0.39, 0.29) is 6.04 Å². The third-order valence-electron chi connectivity index (χ3n) is 2.21. The average Bonchev–Trinajstić information content (AvgIpc) is 2.71. The summed E-state index contributed by atoms with van der Waals surface area (Å²) in [5.74, 6) is 0. The maximum Gasteiger partial charge on any atom is 0.0835 e. The van der Waals surface area contributed by atoms with Crippen molar-refractivity contribution in [3.63, 3.8) is 0 Å². The Labute approximate surface area is 88.0 Å². The van der Waals surface area contributed by atoms with E-state index >= 15 is 0 Å². The van der Waals surface area contributed by atoms with Crippen molar-refractivity contribution in [2.24, 2.45) is 0 Å². The molecule has 0 bridgehead atoms. The van der Waals surface area contributed by atoms with Crippen LogP contribution >= 0.6 is 0 Å². The second-order valence-corrected chi connectivity index (χ2v) is 3.38. The summed E-state index contributed by atoms with van der Waals surface area (Å²) in [6.07, 6.45) is 6.95. The summed E-state index contributed by atoms with van der Waals surface area (Å²) in [7, 11) is 0. The lowest BCUT2D eigenvalue weighted by atomic mass is 10.2. The number of nitrogens with one attached hydrogen (secondary N) is 2. The van der Waals surface area contributed by atoms with Crippen LogP contribution in [0.25, 0.3) is 0 Å².